The van der Waals surface area contributed by atoms with E-state index >= 15 is 0 Å². The summed E-state index contributed by atoms with van der Waals surface area (Å²) >= 11 is 19.8. The van der Waals surface area contributed by atoms with Gasteiger partial charge >= 0.3 is 0 Å². The fourth-order valence-corrected chi connectivity index (χ4v) is 4.73. The minimum atomic E-state index is -0.268. The van der Waals surface area contributed by atoms with Crippen LogP contribution in [0, 0.1) is 0 Å². The Morgan fingerprint density at radius 2 is 1.89 bits per heavy atom. The number of aromatic nitrogens is 2. The third-order valence-corrected chi connectivity index (χ3v) is 7.67. The predicted octanol–water partition coefficient (Wildman–Crippen LogP) is 7.82. The van der Waals surface area contributed by atoms with E-state index in [4.69, 9.17) is 32.7 Å². The summed E-state index contributed by atoms with van der Waals surface area (Å²) in [6.45, 7) is 4.12. The molecule has 1 heterocycles. The van der Waals surface area contributed by atoms with E-state index in [-0.39, 0.29) is 18.1 Å². The first-order valence-electron chi connectivity index (χ1n) is 10.9. The highest BCUT2D eigenvalue weighted by Crippen LogP contribution is 2.42. The molecule has 0 atom stereocenters. The molecule has 0 N–H and O–H groups in total. The van der Waals surface area contributed by atoms with Crippen LogP contribution in [0.5, 0.6) is 11.5 Å². The fraction of sp³-hybridized carbons (Fsp3) is 0.192. The quantitative estimate of drug-likeness (QED) is 0.191. The average Bonchev–Trinajstić information content (AvgIpc) is 2.86. The standard InChI is InChI=1S/C26H21Br2Cl2N3O3/c1-14(2)25-32-20-9-8-17(27)11-18(20)26(34)33(25)31-12-16-10-21(35-3)24(23(30)22(16)28)36-13-15-6-4-5-7-19(15)29/h4-12,14H,13H2,1-3H3. The first-order chi connectivity index (χ1) is 17.2. The number of ether oxygens (including phenoxy) is 2. The first kappa shape index (κ1) is 26.7. The van der Waals surface area contributed by atoms with Gasteiger partial charge in [0.1, 0.15) is 17.5 Å². The van der Waals surface area contributed by atoms with Gasteiger partial charge < -0.3 is 9.47 Å². The maximum atomic E-state index is 13.3. The largest absolute Gasteiger partial charge is 0.493 e. The number of nitrogens with zero attached hydrogens (tertiary/aromatic N) is 3. The van der Waals surface area contributed by atoms with Crippen LogP contribution < -0.4 is 15.0 Å². The molecule has 0 aliphatic carbocycles. The highest BCUT2D eigenvalue weighted by molar-refractivity contribution is 9.10. The van der Waals surface area contributed by atoms with Crippen molar-refractivity contribution in [3.8, 4) is 11.5 Å². The molecule has 0 fully saturated rings. The van der Waals surface area contributed by atoms with Crippen LogP contribution in [0.4, 0.5) is 0 Å². The molecule has 10 heteroatoms. The Bertz CT molecular complexity index is 1540. The van der Waals surface area contributed by atoms with Crippen molar-refractivity contribution in [2.24, 2.45) is 5.10 Å². The highest BCUT2D eigenvalue weighted by atomic mass is 79.9. The normalized spacial score (nSPS) is 11.6. The van der Waals surface area contributed by atoms with Crippen molar-refractivity contribution in [1.29, 1.82) is 0 Å². The van der Waals surface area contributed by atoms with Crippen LogP contribution in [-0.2, 0) is 6.61 Å². The Kier molecular flexibility index (Phi) is 8.40. The second-order valence-corrected chi connectivity index (χ2v) is 10.6. The van der Waals surface area contributed by atoms with Crippen LogP contribution in [0.1, 0.15) is 36.7 Å². The van der Waals surface area contributed by atoms with Gasteiger partial charge in [-0.05, 0) is 46.3 Å². The van der Waals surface area contributed by atoms with Gasteiger partial charge in [0.05, 0.1) is 24.2 Å². The van der Waals surface area contributed by atoms with Gasteiger partial charge in [0, 0.05) is 31.0 Å². The number of fused-ring (bicyclic) bond motifs is 1. The number of hydrogen-bond donors (Lipinski definition) is 0. The Morgan fingerprint density at radius 1 is 1.14 bits per heavy atom. The molecule has 0 spiro atoms. The molecule has 4 aromatic rings. The lowest BCUT2D eigenvalue weighted by molar-refractivity contribution is 0.284. The van der Waals surface area contributed by atoms with Crippen LogP contribution in [-0.4, -0.2) is 23.0 Å². The monoisotopic (exact) mass is 651 g/mol. The summed E-state index contributed by atoms with van der Waals surface area (Å²) in [5.74, 6) is 1.28. The van der Waals surface area contributed by atoms with Crippen LogP contribution in [0.15, 0.2) is 67.4 Å². The fourth-order valence-electron chi connectivity index (χ4n) is 3.52. The van der Waals surface area contributed by atoms with Crippen LogP contribution in [0.3, 0.4) is 0 Å². The van der Waals surface area contributed by atoms with E-state index in [0.29, 0.717) is 48.3 Å². The van der Waals surface area contributed by atoms with Gasteiger partial charge in [-0.3, -0.25) is 4.79 Å². The zero-order chi connectivity index (χ0) is 26.0. The van der Waals surface area contributed by atoms with E-state index in [2.05, 4.69) is 41.9 Å². The first-order valence-corrected chi connectivity index (χ1v) is 13.2. The molecule has 3 aromatic carbocycles. The smallest absolute Gasteiger partial charge is 0.282 e. The van der Waals surface area contributed by atoms with E-state index < -0.39 is 0 Å². The van der Waals surface area contributed by atoms with E-state index in [0.717, 1.165) is 10.0 Å². The molecule has 0 aliphatic heterocycles. The molecule has 0 unspecified atom stereocenters. The van der Waals surface area contributed by atoms with Gasteiger partial charge in [-0.2, -0.15) is 9.78 Å². The summed E-state index contributed by atoms with van der Waals surface area (Å²) in [4.78, 5) is 18.0. The Balaban J connectivity index is 1.75. The maximum absolute atomic E-state index is 13.3. The summed E-state index contributed by atoms with van der Waals surface area (Å²) in [7, 11) is 1.52. The average molecular weight is 654 g/mol. The Hall–Kier alpha value is -2.39. The summed E-state index contributed by atoms with van der Waals surface area (Å²) in [5.41, 5.74) is 1.76. The minimum Gasteiger partial charge on any atom is -0.493 e. The van der Waals surface area contributed by atoms with Crippen molar-refractivity contribution in [3.63, 3.8) is 0 Å². The Morgan fingerprint density at radius 3 is 2.58 bits per heavy atom. The van der Waals surface area contributed by atoms with Crippen LogP contribution >= 0.6 is 55.1 Å². The van der Waals surface area contributed by atoms with E-state index in [1.54, 1.807) is 18.2 Å². The zero-order valence-electron chi connectivity index (χ0n) is 19.6. The summed E-state index contributed by atoms with van der Waals surface area (Å²) in [6, 6.07) is 14.5. The van der Waals surface area contributed by atoms with Crippen molar-refractivity contribution in [2.45, 2.75) is 26.4 Å². The third kappa shape index (κ3) is 5.47. The molecule has 0 radical (unpaired) electrons. The molecule has 186 valence electrons. The van der Waals surface area contributed by atoms with Crippen LogP contribution in [0.2, 0.25) is 10.0 Å². The maximum Gasteiger partial charge on any atom is 0.282 e. The van der Waals surface area contributed by atoms with Crippen molar-refractivity contribution in [1.82, 2.24) is 9.66 Å². The molecule has 6 nitrogen and oxygen atoms in total. The van der Waals surface area contributed by atoms with Gasteiger partial charge in [-0.15, -0.1) is 0 Å². The van der Waals surface area contributed by atoms with Gasteiger partial charge in [-0.1, -0.05) is 71.2 Å². The molecule has 0 saturated carbocycles. The molecule has 0 amide bonds. The lowest BCUT2D eigenvalue weighted by Crippen LogP contribution is -2.23. The van der Waals surface area contributed by atoms with E-state index in [1.807, 2.05) is 44.2 Å². The molecule has 0 aliphatic rings. The SMILES string of the molecule is COc1cc(C=Nn2c(C(C)C)nc3ccc(Br)cc3c2=O)c(Br)c(Cl)c1OCc1ccccc1Cl. The van der Waals surface area contributed by atoms with Gasteiger partial charge in [-0.25, -0.2) is 4.98 Å². The number of benzene rings is 3. The lowest BCUT2D eigenvalue weighted by atomic mass is 10.2. The van der Waals surface area contributed by atoms with Crippen molar-refractivity contribution < 1.29 is 9.47 Å². The van der Waals surface area contributed by atoms with E-state index in [9.17, 15) is 4.79 Å². The Labute approximate surface area is 235 Å². The predicted molar refractivity (Wildman–Crippen MR) is 152 cm³/mol. The number of halogens is 4. The van der Waals surface area contributed by atoms with E-state index in [1.165, 1.54) is 18.0 Å². The number of methoxy groups -OCH3 is 1. The van der Waals surface area contributed by atoms with Crippen molar-refractivity contribution in [2.75, 3.05) is 7.11 Å². The van der Waals surface area contributed by atoms with Crippen molar-refractivity contribution >= 4 is 72.2 Å². The lowest BCUT2D eigenvalue weighted by Gasteiger charge is -2.16. The molecule has 0 bridgehead atoms. The molecule has 4 rings (SSSR count). The summed E-state index contributed by atoms with van der Waals surface area (Å²) in [6.07, 6.45) is 1.54. The second-order valence-electron chi connectivity index (χ2n) is 8.15. The van der Waals surface area contributed by atoms with Crippen LogP contribution in [0.25, 0.3) is 10.9 Å². The molecule has 36 heavy (non-hydrogen) atoms. The summed E-state index contributed by atoms with van der Waals surface area (Å²) < 4.78 is 14.1. The van der Waals surface area contributed by atoms with Crippen molar-refractivity contribution in [3.05, 3.63) is 94.8 Å². The summed E-state index contributed by atoms with van der Waals surface area (Å²) in [5, 5.41) is 5.85. The molecule has 1 aromatic heterocycles. The number of hydrogen-bond acceptors (Lipinski definition) is 5. The van der Waals surface area contributed by atoms with Gasteiger partial charge in [0.15, 0.2) is 11.5 Å². The highest BCUT2D eigenvalue weighted by Gasteiger charge is 2.18. The third-order valence-electron chi connectivity index (χ3n) is 5.37. The topological polar surface area (TPSA) is 65.7 Å². The number of rotatable bonds is 7. The molecular weight excluding hydrogens is 633 g/mol. The second kappa shape index (κ2) is 11.3. The van der Waals surface area contributed by atoms with Gasteiger partial charge in [0.25, 0.3) is 5.56 Å². The molecule has 0 saturated heterocycles. The molecular formula is C26H21Br2Cl2N3O3. The van der Waals surface area contributed by atoms with Gasteiger partial charge in [0.2, 0.25) is 0 Å². The zero-order valence-corrected chi connectivity index (χ0v) is 24.2. The minimum absolute atomic E-state index is 0.0370.